The van der Waals surface area contributed by atoms with Gasteiger partial charge in [0.1, 0.15) is 11.7 Å². The van der Waals surface area contributed by atoms with E-state index in [2.05, 4.69) is 15.6 Å². The summed E-state index contributed by atoms with van der Waals surface area (Å²) in [6, 6.07) is 11.1. The van der Waals surface area contributed by atoms with Crippen molar-refractivity contribution in [2.75, 3.05) is 26.8 Å². The zero-order valence-corrected chi connectivity index (χ0v) is 24.1. The molecule has 0 spiro atoms. The summed E-state index contributed by atoms with van der Waals surface area (Å²) in [6.07, 6.45) is -2.85. The van der Waals surface area contributed by atoms with Gasteiger partial charge in [-0.25, -0.2) is 4.39 Å². The molecule has 1 heterocycles. The fourth-order valence-electron chi connectivity index (χ4n) is 4.32. The molecule has 0 aliphatic heterocycles. The summed E-state index contributed by atoms with van der Waals surface area (Å²) >= 11 is 5.95. The SMILES string of the molecule is COc1cc(C(=O)NCC(c2cc(C(C)(C)NCCO)cc(-c3ccc(F)c(Cl)c3)n2)C(F)(F)F)ccc1OC1CC1. The van der Waals surface area contributed by atoms with Gasteiger partial charge < -0.3 is 25.2 Å². The van der Waals surface area contributed by atoms with Gasteiger partial charge in [0.05, 0.1) is 36.2 Å². The normalized spacial score (nSPS) is 14.4. The Balaban J connectivity index is 1.67. The van der Waals surface area contributed by atoms with E-state index < -0.39 is 35.9 Å². The number of alkyl halides is 3. The number of benzene rings is 2. The molecule has 0 bridgehead atoms. The Morgan fingerprint density at radius 3 is 2.48 bits per heavy atom. The van der Waals surface area contributed by atoms with Gasteiger partial charge in [-0.05, 0) is 80.8 Å². The van der Waals surface area contributed by atoms with Gasteiger partial charge in [-0.3, -0.25) is 9.78 Å². The van der Waals surface area contributed by atoms with E-state index in [1.807, 2.05) is 0 Å². The van der Waals surface area contributed by atoms with Crippen molar-refractivity contribution < 1.29 is 36.9 Å². The first-order valence-electron chi connectivity index (χ1n) is 13.4. The number of aromatic nitrogens is 1. The minimum Gasteiger partial charge on any atom is -0.493 e. The Morgan fingerprint density at radius 2 is 1.86 bits per heavy atom. The number of methoxy groups -OCH3 is 1. The molecular weight excluding hydrogens is 578 g/mol. The van der Waals surface area contributed by atoms with E-state index in [4.69, 9.17) is 21.1 Å². The van der Waals surface area contributed by atoms with Crippen LogP contribution in [-0.2, 0) is 5.54 Å². The average molecular weight is 610 g/mol. The van der Waals surface area contributed by atoms with Gasteiger partial charge in [-0.1, -0.05) is 11.6 Å². The summed E-state index contributed by atoms with van der Waals surface area (Å²) in [5.41, 5.74) is -0.228. The van der Waals surface area contributed by atoms with Gasteiger partial charge in [0.25, 0.3) is 5.91 Å². The topological polar surface area (TPSA) is 92.7 Å². The Bertz CT molecular complexity index is 1430. The van der Waals surface area contributed by atoms with Crippen LogP contribution in [0.15, 0.2) is 48.5 Å². The van der Waals surface area contributed by atoms with Gasteiger partial charge in [-0.15, -0.1) is 0 Å². The van der Waals surface area contributed by atoms with E-state index in [9.17, 15) is 27.5 Å². The summed E-state index contributed by atoms with van der Waals surface area (Å²) in [5.74, 6) is -2.83. The van der Waals surface area contributed by atoms with Crippen molar-refractivity contribution >= 4 is 17.5 Å². The highest BCUT2D eigenvalue weighted by molar-refractivity contribution is 6.31. The van der Waals surface area contributed by atoms with Crippen LogP contribution in [0.4, 0.5) is 17.6 Å². The van der Waals surface area contributed by atoms with Crippen molar-refractivity contribution in [3.05, 3.63) is 76.2 Å². The second kappa shape index (κ2) is 12.8. The number of aliphatic hydroxyl groups excluding tert-OH is 1. The number of pyridine rings is 1. The second-order valence-electron chi connectivity index (χ2n) is 10.6. The summed E-state index contributed by atoms with van der Waals surface area (Å²) in [5, 5.41) is 14.6. The Morgan fingerprint density at radius 1 is 1.12 bits per heavy atom. The van der Waals surface area contributed by atoms with Gasteiger partial charge in [-0.2, -0.15) is 13.2 Å². The molecule has 1 amide bonds. The predicted octanol–water partition coefficient (Wildman–Crippen LogP) is 5.98. The summed E-state index contributed by atoms with van der Waals surface area (Å²) in [6.45, 7) is 2.71. The fourth-order valence-corrected chi connectivity index (χ4v) is 4.50. The van der Waals surface area contributed by atoms with E-state index >= 15 is 0 Å². The average Bonchev–Trinajstić information content (AvgIpc) is 3.77. The molecule has 12 heteroatoms. The number of aliphatic hydroxyl groups is 1. The van der Waals surface area contributed by atoms with Crippen LogP contribution < -0.4 is 20.1 Å². The number of carbonyl (C=O) groups is 1. The number of nitrogens with zero attached hydrogens (tertiary/aromatic N) is 1. The Kier molecular flexibility index (Phi) is 9.64. The molecule has 7 nitrogen and oxygen atoms in total. The van der Waals surface area contributed by atoms with Gasteiger partial charge in [0, 0.05) is 29.8 Å². The van der Waals surface area contributed by atoms with Crippen LogP contribution in [0, 0.1) is 5.82 Å². The van der Waals surface area contributed by atoms with Crippen molar-refractivity contribution in [3.8, 4) is 22.8 Å². The molecule has 42 heavy (non-hydrogen) atoms. The van der Waals surface area contributed by atoms with Gasteiger partial charge in [0.2, 0.25) is 0 Å². The van der Waals surface area contributed by atoms with Crippen molar-refractivity contribution in [1.29, 1.82) is 0 Å². The quantitative estimate of drug-likeness (QED) is 0.219. The van der Waals surface area contributed by atoms with E-state index in [0.717, 1.165) is 18.9 Å². The molecule has 3 aromatic rings. The molecule has 2 aromatic carbocycles. The maximum absolute atomic E-state index is 14.5. The highest BCUT2D eigenvalue weighted by Crippen LogP contribution is 2.38. The van der Waals surface area contributed by atoms with E-state index in [-0.39, 0.29) is 41.2 Å². The lowest BCUT2D eigenvalue weighted by atomic mass is 9.90. The largest absolute Gasteiger partial charge is 0.493 e. The zero-order valence-electron chi connectivity index (χ0n) is 23.3. The molecule has 1 fully saturated rings. The third-order valence-electron chi connectivity index (χ3n) is 6.92. The first kappa shape index (κ1) is 31.5. The number of nitrogens with one attached hydrogen (secondary N) is 2. The number of carbonyl (C=O) groups excluding carboxylic acids is 1. The summed E-state index contributed by atoms with van der Waals surface area (Å²) in [7, 11) is 1.41. The molecule has 1 aliphatic rings. The lowest BCUT2D eigenvalue weighted by Gasteiger charge is -2.29. The minimum absolute atomic E-state index is 0.0917. The number of hydrogen-bond donors (Lipinski definition) is 3. The molecule has 1 atom stereocenters. The second-order valence-corrected chi connectivity index (χ2v) is 11.0. The smallest absolute Gasteiger partial charge is 0.398 e. The Labute approximate surface area is 246 Å². The highest BCUT2D eigenvalue weighted by atomic mass is 35.5. The molecule has 1 aromatic heterocycles. The molecular formula is C30H32ClF4N3O4. The number of amides is 1. The van der Waals surface area contributed by atoms with E-state index in [1.165, 1.54) is 37.4 Å². The van der Waals surface area contributed by atoms with Crippen molar-refractivity contribution in [2.24, 2.45) is 0 Å². The number of halogens is 5. The third-order valence-corrected chi connectivity index (χ3v) is 7.21. The van der Waals surface area contributed by atoms with Crippen LogP contribution in [-0.4, -0.2) is 55.1 Å². The maximum atomic E-state index is 14.5. The van der Waals surface area contributed by atoms with Crippen molar-refractivity contribution in [2.45, 2.75) is 50.4 Å². The number of rotatable bonds is 12. The molecule has 4 rings (SSSR count). The number of ether oxygens (including phenoxy) is 2. The van der Waals surface area contributed by atoms with E-state index in [0.29, 0.717) is 22.6 Å². The van der Waals surface area contributed by atoms with Crippen LogP contribution in [0.25, 0.3) is 11.3 Å². The van der Waals surface area contributed by atoms with Crippen molar-refractivity contribution in [3.63, 3.8) is 0 Å². The van der Waals surface area contributed by atoms with Crippen LogP contribution in [0.3, 0.4) is 0 Å². The summed E-state index contributed by atoms with van der Waals surface area (Å²) < 4.78 is 68.4. The standard InChI is InChI=1S/C30H32ClF4N3O4/c1-29(2,37-10-11-39)19-14-24(17-4-8-23(32)22(31)12-17)38-25(15-19)21(30(33,34)35)16-36-28(40)18-5-9-26(27(13-18)41-3)42-20-6-7-20/h4-5,8-9,12-15,20-21,37,39H,6-7,10-11,16H2,1-3H3,(H,36,40). The molecule has 0 radical (unpaired) electrons. The monoisotopic (exact) mass is 609 g/mol. The third kappa shape index (κ3) is 7.70. The minimum atomic E-state index is -4.78. The van der Waals surface area contributed by atoms with Crippen LogP contribution >= 0.6 is 11.6 Å². The lowest BCUT2D eigenvalue weighted by Crippen LogP contribution is -2.39. The van der Waals surface area contributed by atoms with Crippen LogP contribution in [0.5, 0.6) is 11.5 Å². The molecule has 3 N–H and O–H groups in total. The molecule has 1 saturated carbocycles. The Hall–Kier alpha value is -3.41. The first-order chi connectivity index (χ1) is 19.8. The molecule has 226 valence electrons. The lowest BCUT2D eigenvalue weighted by molar-refractivity contribution is -0.149. The van der Waals surface area contributed by atoms with Crippen LogP contribution in [0.1, 0.15) is 54.2 Å². The van der Waals surface area contributed by atoms with Gasteiger partial charge in [0.15, 0.2) is 11.5 Å². The molecule has 0 saturated heterocycles. The van der Waals surface area contributed by atoms with Gasteiger partial charge >= 0.3 is 6.18 Å². The maximum Gasteiger partial charge on any atom is 0.398 e. The summed E-state index contributed by atoms with van der Waals surface area (Å²) in [4.78, 5) is 17.2. The van der Waals surface area contributed by atoms with Crippen LogP contribution in [0.2, 0.25) is 5.02 Å². The first-order valence-corrected chi connectivity index (χ1v) is 13.7. The predicted molar refractivity (Wildman–Crippen MR) is 151 cm³/mol. The number of hydrogen-bond acceptors (Lipinski definition) is 6. The van der Waals surface area contributed by atoms with E-state index in [1.54, 1.807) is 26.0 Å². The fraction of sp³-hybridized carbons (Fsp3) is 0.400. The zero-order chi connectivity index (χ0) is 30.7. The highest BCUT2D eigenvalue weighted by Gasteiger charge is 2.42. The van der Waals surface area contributed by atoms with Crippen molar-refractivity contribution in [1.82, 2.24) is 15.6 Å². The molecule has 1 aliphatic carbocycles. The molecule has 1 unspecified atom stereocenters.